The lowest BCUT2D eigenvalue weighted by Gasteiger charge is -2.36. The molecule has 3 N–H and O–H groups in total. The summed E-state index contributed by atoms with van der Waals surface area (Å²) in [6.45, 7) is 0.751. The molecule has 14 heteroatoms. The molecule has 3 atom stereocenters. The number of likely N-dealkylation sites (tertiary alicyclic amines) is 1. The average molecular weight is 627 g/mol. The van der Waals surface area contributed by atoms with Gasteiger partial charge in [-0.1, -0.05) is 23.7 Å². The third-order valence-electron chi connectivity index (χ3n) is 7.61. The van der Waals surface area contributed by atoms with Crippen LogP contribution in [0.1, 0.15) is 25.3 Å². The van der Waals surface area contributed by atoms with Crippen LogP contribution in [0.2, 0.25) is 5.02 Å². The molecule has 0 saturated carbocycles. The van der Waals surface area contributed by atoms with Gasteiger partial charge in [-0.25, -0.2) is 18.6 Å². The summed E-state index contributed by atoms with van der Waals surface area (Å²) >= 11 is 5.82. The zero-order chi connectivity index (χ0) is 31.5. The Hall–Kier alpha value is -4.78. The number of aromatic amines is 1. The number of nitrogens with zero attached hydrogens (tertiary/aromatic N) is 4. The van der Waals surface area contributed by atoms with E-state index in [1.54, 1.807) is 36.5 Å². The van der Waals surface area contributed by atoms with E-state index in [9.17, 15) is 33.1 Å². The highest BCUT2D eigenvalue weighted by atomic mass is 35.5. The number of amides is 4. The fourth-order valence-corrected chi connectivity index (χ4v) is 5.68. The van der Waals surface area contributed by atoms with Crippen LogP contribution in [0.25, 0.3) is 10.9 Å². The Morgan fingerprint density at radius 2 is 2.02 bits per heavy atom. The molecule has 2 aliphatic heterocycles. The number of aliphatic imine (C=N–C) groups is 1. The number of amidine groups is 1. The fourth-order valence-electron chi connectivity index (χ4n) is 5.49. The Balaban J connectivity index is 1.44. The van der Waals surface area contributed by atoms with Gasteiger partial charge in [-0.15, -0.1) is 0 Å². The molecule has 0 radical (unpaired) electrons. The minimum Gasteiger partial charge on any atom is -0.465 e. The molecule has 1 aromatic heterocycles. The number of aromatic nitrogens is 1. The Kier molecular flexibility index (Phi) is 8.95. The van der Waals surface area contributed by atoms with Crippen molar-refractivity contribution >= 4 is 57.8 Å². The topological polar surface area (TPSA) is 138 Å². The minimum atomic E-state index is -1.52. The normalized spacial score (nSPS) is 18.7. The third-order valence-corrected chi connectivity index (χ3v) is 7.91. The molecule has 1 unspecified atom stereocenters. The minimum absolute atomic E-state index is 0.0124. The third kappa shape index (κ3) is 6.27. The summed E-state index contributed by atoms with van der Waals surface area (Å²) in [5.74, 6) is -2.54. The number of carbonyl (C=O) groups excluding carboxylic acids is 3. The first kappa shape index (κ1) is 30.7. The van der Waals surface area contributed by atoms with E-state index >= 15 is 0 Å². The van der Waals surface area contributed by atoms with Crippen molar-refractivity contribution in [3.05, 3.63) is 77.3 Å². The van der Waals surface area contributed by atoms with Gasteiger partial charge in [0, 0.05) is 61.0 Å². The number of H-pyrrole nitrogens is 1. The molecular weight excluding hydrogens is 598 g/mol. The van der Waals surface area contributed by atoms with E-state index in [2.05, 4.69) is 15.3 Å². The molecule has 11 nitrogen and oxygen atoms in total. The predicted octanol–water partition coefficient (Wildman–Crippen LogP) is 4.23. The smallest absolute Gasteiger partial charge is 0.412 e. The second-order valence-corrected chi connectivity index (χ2v) is 10.9. The summed E-state index contributed by atoms with van der Waals surface area (Å²) in [6, 6.07) is 8.39. The van der Waals surface area contributed by atoms with Crippen molar-refractivity contribution in [2.24, 2.45) is 4.99 Å². The molecule has 1 saturated heterocycles. The number of nitrogens with one attached hydrogen (secondary N) is 2. The molecule has 5 rings (SSSR count). The molecule has 3 aromatic rings. The van der Waals surface area contributed by atoms with Crippen LogP contribution in [0.4, 0.5) is 19.3 Å². The van der Waals surface area contributed by atoms with Crippen LogP contribution in [-0.2, 0) is 20.9 Å². The van der Waals surface area contributed by atoms with E-state index in [0.29, 0.717) is 5.39 Å². The van der Waals surface area contributed by atoms with E-state index < -0.39 is 60.9 Å². The van der Waals surface area contributed by atoms with Gasteiger partial charge in [-0.3, -0.25) is 24.2 Å². The molecular formula is C30H29ClF2N6O5. The first-order valence-corrected chi connectivity index (χ1v) is 14.2. The van der Waals surface area contributed by atoms with E-state index in [1.807, 2.05) is 0 Å². The van der Waals surface area contributed by atoms with Crippen LogP contribution >= 0.6 is 11.6 Å². The first-order chi connectivity index (χ1) is 21.0. The second kappa shape index (κ2) is 12.8. The standard InChI is InChI=1S/C30H29ClF2N6O5/c1-17(40)37-11-3-9-35-28(37)24(39(30(43)44)21-6-7-23-18(12-21)8-10-34-23)14-26(41)38-16-20(32)13-25(38)29(42)36-15-19-4-2-5-22(31)27(19)33/h2-10,12,20,24-25,34H,11,13-16H2,1H3,(H,36,42)(H,43,44)/t20-,24?,25+/m1/s1. The summed E-state index contributed by atoms with van der Waals surface area (Å²) in [7, 11) is 0. The molecule has 4 amide bonds. The number of halogens is 3. The fraction of sp³-hybridized carbons (Fsp3) is 0.300. The van der Waals surface area contributed by atoms with Crippen LogP contribution in [0.5, 0.6) is 0 Å². The maximum Gasteiger partial charge on any atom is 0.412 e. The summed E-state index contributed by atoms with van der Waals surface area (Å²) in [6.07, 6.45) is 0.940. The van der Waals surface area contributed by atoms with Crippen LogP contribution < -0.4 is 10.2 Å². The van der Waals surface area contributed by atoms with Crippen LogP contribution in [0.15, 0.2) is 65.9 Å². The molecule has 2 aromatic carbocycles. The van der Waals surface area contributed by atoms with Gasteiger partial charge < -0.3 is 20.3 Å². The van der Waals surface area contributed by atoms with Crippen molar-refractivity contribution in [2.75, 3.05) is 18.0 Å². The lowest BCUT2D eigenvalue weighted by Crippen LogP contribution is -2.55. The molecule has 3 heterocycles. The van der Waals surface area contributed by atoms with E-state index in [0.717, 1.165) is 15.3 Å². The maximum absolute atomic E-state index is 14.7. The van der Waals surface area contributed by atoms with Crippen LogP contribution in [-0.4, -0.2) is 80.9 Å². The highest BCUT2D eigenvalue weighted by Gasteiger charge is 2.43. The van der Waals surface area contributed by atoms with E-state index in [-0.39, 0.29) is 41.6 Å². The number of anilines is 1. The number of hydrogen-bond donors (Lipinski definition) is 3. The Morgan fingerprint density at radius 3 is 2.77 bits per heavy atom. The number of carbonyl (C=O) groups is 4. The zero-order valence-corrected chi connectivity index (χ0v) is 24.3. The summed E-state index contributed by atoms with van der Waals surface area (Å²) < 4.78 is 29.1. The lowest BCUT2D eigenvalue weighted by atomic mass is 10.1. The zero-order valence-electron chi connectivity index (χ0n) is 23.5. The number of alkyl halides is 1. The van der Waals surface area contributed by atoms with Gasteiger partial charge >= 0.3 is 6.09 Å². The number of benzene rings is 2. The molecule has 0 bridgehead atoms. The SMILES string of the molecule is CC(=O)N1CC=CN=C1C(CC(=O)N1C[C@H](F)C[C@H]1C(=O)NCc1cccc(Cl)c1F)N(C(=O)O)c1ccc2[nH]ccc2c1. The van der Waals surface area contributed by atoms with Crippen molar-refractivity contribution < 1.29 is 33.1 Å². The van der Waals surface area contributed by atoms with Gasteiger partial charge in [0.2, 0.25) is 17.7 Å². The molecule has 1 fully saturated rings. The van der Waals surface area contributed by atoms with E-state index in [4.69, 9.17) is 11.6 Å². The molecule has 0 spiro atoms. The Labute approximate surface area is 255 Å². The average Bonchev–Trinajstić information content (AvgIpc) is 3.63. The number of hydrogen-bond acceptors (Lipinski definition) is 5. The van der Waals surface area contributed by atoms with Crippen molar-refractivity contribution in [3.63, 3.8) is 0 Å². The summed E-state index contributed by atoms with van der Waals surface area (Å²) in [5.41, 5.74) is 1.08. The second-order valence-electron chi connectivity index (χ2n) is 10.4. The number of carboxylic acid groups (broad SMARTS) is 1. The van der Waals surface area contributed by atoms with Gasteiger partial charge in [0.05, 0.1) is 18.0 Å². The quantitative estimate of drug-likeness (QED) is 0.344. The van der Waals surface area contributed by atoms with Crippen molar-refractivity contribution in [1.82, 2.24) is 20.1 Å². The van der Waals surface area contributed by atoms with Gasteiger partial charge in [0.1, 0.15) is 29.9 Å². The Morgan fingerprint density at radius 1 is 1.23 bits per heavy atom. The van der Waals surface area contributed by atoms with Crippen LogP contribution in [0, 0.1) is 5.82 Å². The monoisotopic (exact) mass is 626 g/mol. The molecule has 2 aliphatic rings. The first-order valence-electron chi connectivity index (χ1n) is 13.8. The largest absolute Gasteiger partial charge is 0.465 e. The molecule has 230 valence electrons. The Bertz CT molecular complexity index is 1680. The molecule has 44 heavy (non-hydrogen) atoms. The van der Waals surface area contributed by atoms with Gasteiger partial charge in [-0.05, 0) is 36.4 Å². The molecule has 0 aliphatic carbocycles. The van der Waals surface area contributed by atoms with E-state index in [1.165, 1.54) is 36.2 Å². The summed E-state index contributed by atoms with van der Waals surface area (Å²) in [5, 5.41) is 13.5. The predicted molar refractivity (Wildman–Crippen MR) is 159 cm³/mol. The number of rotatable bonds is 8. The number of fused-ring (bicyclic) bond motifs is 1. The van der Waals surface area contributed by atoms with Gasteiger partial charge in [-0.2, -0.15) is 0 Å². The van der Waals surface area contributed by atoms with Crippen LogP contribution in [0.3, 0.4) is 0 Å². The van der Waals surface area contributed by atoms with Crippen molar-refractivity contribution in [2.45, 2.75) is 44.6 Å². The van der Waals surface area contributed by atoms with Crippen molar-refractivity contribution in [3.8, 4) is 0 Å². The maximum atomic E-state index is 14.7. The highest BCUT2D eigenvalue weighted by Crippen LogP contribution is 2.29. The van der Waals surface area contributed by atoms with Gasteiger partial charge in [0.15, 0.2) is 0 Å². The summed E-state index contributed by atoms with van der Waals surface area (Å²) in [4.78, 5) is 62.9. The van der Waals surface area contributed by atoms with Crippen molar-refractivity contribution in [1.29, 1.82) is 0 Å². The van der Waals surface area contributed by atoms with Gasteiger partial charge in [0.25, 0.3) is 0 Å². The highest BCUT2D eigenvalue weighted by molar-refractivity contribution is 6.30. The lowest BCUT2D eigenvalue weighted by molar-refractivity contribution is -0.138.